The van der Waals surface area contributed by atoms with Gasteiger partial charge in [-0.2, -0.15) is 0 Å². The molecule has 4 saturated carbocycles. The molecule has 116 heavy (non-hydrogen) atoms. The predicted octanol–water partition coefficient (Wildman–Crippen LogP) is 19.3. The second-order valence-corrected chi connectivity index (χ2v) is 31.0. The number of rotatable bonds is 8. The van der Waals surface area contributed by atoms with E-state index in [1.807, 2.05) is 55.4 Å². The summed E-state index contributed by atoms with van der Waals surface area (Å²) in [5.41, 5.74) is 29.0. The van der Waals surface area contributed by atoms with Crippen LogP contribution < -0.4 is 22.2 Å². The van der Waals surface area contributed by atoms with Gasteiger partial charge in [0.1, 0.15) is 68.5 Å². The summed E-state index contributed by atoms with van der Waals surface area (Å²) in [5, 5.41) is 1.83. The number of aromatic amines is 8. The van der Waals surface area contributed by atoms with Gasteiger partial charge in [0, 0.05) is 120 Å². The lowest BCUT2D eigenvalue weighted by Crippen LogP contribution is -2.27. The van der Waals surface area contributed by atoms with Crippen molar-refractivity contribution in [1.82, 2.24) is 97.3 Å². The van der Waals surface area contributed by atoms with E-state index >= 15 is 0 Å². The topological polar surface area (TPSA) is 315 Å². The molecule has 4 aliphatic carbocycles. The molecule has 8 N–H and O–H groups in total. The van der Waals surface area contributed by atoms with Gasteiger partial charge in [-0.3, -0.25) is 19.2 Å². The van der Waals surface area contributed by atoms with Crippen molar-refractivity contribution in [2.24, 2.45) is 0 Å². The fraction of sp³-hybridized carbons (Fsp3) is 0.435. The van der Waals surface area contributed by atoms with Crippen molar-refractivity contribution in [3.63, 3.8) is 0 Å². The van der Waals surface area contributed by atoms with Crippen LogP contribution >= 0.6 is 0 Å². The molecule has 0 amide bonds. The molecule has 608 valence electrons. The van der Waals surface area contributed by atoms with Gasteiger partial charge in [-0.05, 0) is 253 Å². The van der Waals surface area contributed by atoms with E-state index in [9.17, 15) is 19.2 Å². The molecule has 4 fully saturated rings. The van der Waals surface area contributed by atoms with E-state index in [1.165, 1.54) is 66.8 Å². The van der Waals surface area contributed by atoms with E-state index in [-0.39, 0.29) is 69.6 Å². The number of aromatic nitrogens is 20. The zero-order chi connectivity index (χ0) is 87.0. The Kier molecular flexibility index (Phi) is 22.1. The monoisotopic (exact) mass is 1570 g/mol. The number of H-pyrrole nitrogens is 8. The van der Waals surface area contributed by atoms with Crippen LogP contribution in [0.2, 0.25) is 5.65 Å². The Morgan fingerprint density at radius 2 is 0.457 bits per heavy atom. The predicted molar refractivity (Wildman–Crippen MR) is 468 cm³/mol. The number of fused-ring (bicyclic) bond motifs is 8. The molecule has 24 nitrogen and oxygen atoms in total. The summed E-state index contributed by atoms with van der Waals surface area (Å²) in [6.45, 7) is 50.1. The van der Waals surface area contributed by atoms with Crippen LogP contribution in [0.15, 0.2) is 93.0 Å². The first-order valence-corrected chi connectivity index (χ1v) is 41.7. The summed E-state index contributed by atoms with van der Waals surface area (Å²) in [6.07, 6.45) is 22.8. The molecule has 0 bridgehead atoms. The smallest absolute Gasteiger partial charge is 0.260 e. The summed E-state index contributed by atoms with van der Waals surface area (Å²) in [4.78, 5) is 105. The molecule has 24 heteroatoms. The molecule has 0 aliphatic heterocycles. The number of nitrogens with zero attached hydrogens (tertiary/aromatic N) is 12. The van der Waals surface area contributed by atoms with Gasteiger partial charge >= 0.3 is 0 Å². The van der Waals surface area contributed by atoms with E-state index in [4.69, 9.17) is 25.6 Å². The van der Waals surface area contributed by atoms with Crippen molar-refractivity contribution in [2.75, 3.05) is 0 Å². The van der Waals surface area contributed by atoms with Crippen molar-refractivity contribution in [3.8, 4) is 0 Å². The highest BCUT2D eigenvalue weighted by atomic mass is 16.1. The summed E-state index contributed by atoms with van der Waals surface area (Å²) in [6, 6.07) is 6.54. The second-order valence-electron chi connectivity index (χ2n) is 31.0. The number of imidazole rings is 4. The third kappa shape index (κ3) is 14.2. The molecular weight excluding hydrogens is 1450 g/mol. The van der Waals surface area contributed by atoms with Crippen LogP contribution in [-0.4, -0.2) is 97.3 Å². The van der Waals surface area contributed by atoms with Crippen LogP contribution in [0, 0.1) is 111 Å². The highest BCUT2D eigenvalue weighted by Crippen LogP contribution is 2.52. The van der Waals surface area contributed by atoms with Gasteiger partial charge in [0.2, 0.25) is 0 Å². The fourth-order valence-electron chi connectivity index (χ4n) is 17.2. The lowest BCUT2D eigenvalue weighted by Gasteiger charge is -2.35. The first kappa shape index (κ1) is 77.0. The molecule has 16 heterocycles. The van der Waals surface area contributed by atoms with Crippen molar-refractivity contribution in [2.45, 2.75) is 265 Å². The number of nitrogens with one attached hydrogen (secondary N) is 8. The Morgan fingerprint density at radius 3 is 0.629 bits per heavy atom. The number of aryl methyl sites for hydroxylation is 12. The average Bonchev–Trinajstić information content (AvgIpc) is 1.51. The minimum atomic E-state index is -0.175. The molecule has 4 aliphatic rings. The summed E-state index contributed by atoms with van der Waals surface area (Å²) in [5.74, 6) is 4.09. The fourth-order valence-corrected chi connectivity index (χ4v) is 17.2. The van der Waals surface area contributed by atoms with E-state index in [0.29, 0.717) is 67.4 Å². The van der Waals surface area contributed by atoms with Gasteiger partial charge in [-0.15, -0.1) is 0 Å². The largest absolute Gasteiger partial charge is 0.346 e. The first-order chi connectivity index (χ1) is 57.5. The molecule has 0 spiro atoms. The quantitative estimate of drug-likeness (QED) is 0.0704. The van der Waals surface area contributed by atoms with Crippen LogP contribution in [0.3, 0.4) is 0 Å². The molecule has 16 aromatic rings. The van der Waals surface area contributed by atoms with E-state index in [1.54, 1.807) is 49.1 Å². The molecule has 0 radical (unpaired) electrons. The van der Waals surface area contributed by atoms with Gasteiger partial charge < -0.3 is 57.4 Å². The Morgan fingerprint density at radius 1 is 0.276 bits per heavy atom. The maximum atomic E-state index is 12.4. The summed E-state index contributed by atoms with van der Waals surface area (Å²) >= 11 is 0. The molecule has 0 unspecified atom stereocenters. The summed E-state index contributed by atoms with van der Waals surface area (Å²) in [7, 11) is 0. The number of hydrogen-bond donors (Lipinski definition) is 8. The minimum absolute atomic E-state index is 0.123. The Bertz CT molecular complexity index is 6070. The molecule has 0 saturated heterocycles. The van der Waals surface area contributed by atoms with Crippen LogP contribution in [0.5, 0.6) is 0 Å². The van der Waals surface area contributed by atoms with Crippen LogP contribution in [-0.2, 0) is 0 Å². The van der Waals surface area contributed by atoms with Gasteiger partial charge in [-0.1, -0.05) is 55.4 Å². The number of hydrogen-bond acceptors (Lipinski definition) is 12. The summed E-state index contributed by atoms with van der Waals surface area (Å²) < 4.78 is 40.5. The third-order valence-electron chi connectivity index (χ3n) is 25.5. The molecule has 0 aromatic carbocycles. The van der Waals surface area contributed by atoms with Crippen LogP contribution in [0.25, 0.3) is 66.7 Å². The van der Waals surface area contributed by atoms with E-state index in [2.05, 4.69) is 193 Å². The van der Waals surface area contributed by atoms with E-state index in [0.717, 1.165) is 139 Å². The zero-order valence-electron chi connectivity index (χ0n) is 76.0. The molecular formula is C92H116N20O4. The SMILES string of the molecule is CC.CC.CC.CC.[2H]n1ccc2c(=O)[nH]c([C@@H]3CC[C@@H]3c3nc4c(C)c(C)c(C)cn4c3C)nc21.[2H]n1ccc2c(=O)[nH]c([C@@H]3CC[C@H]3c3nc4c(C)c(C)c(C)cn4c3C)nc21.[2H]n1ccc2c(=O)[nH]c([C@H]3CC[C@@H]3c3nc4c(C)c(C)c(C)cn4c3C)nc21.[2H]n1ccc2c(=O)[nH]c([C@H]3CC[C@H]3c3nc4c(C)c(C)c(C)cn4c3C)nc21. The third-order valence-corrected chi connectivity index (χ3v) is 25.5. The van der Waals surface area contributed by atoms with Crippen molar-refractivity contribution in [1.29, 1.82) is 0 Å². The molecule has 20 rings (SSSR count). The van der Waals surface area contributed by atoms with Crippen molar-refractivity contribution in [3.05, 3.63) is 251 Å². The van der Waals surface area contributed by atoms with Crippen LogP contribution in [0.4, 0.5) is 0 Å². The minimum Gasteiger partial charge on any atom is -0.346 e. The first-order valence-electron chi connectivity index (χ1n) is 43.5. The highest BCUT2D eigenvalue weighted by Gasteiger charge is 2.43. The highest BCUT2D eigenvalue weighted by molar-refractivity contribution is 5.76. The van der Waals surface area contributed by atoms with Gasteiger partial charge in [-0.25, -0.2) is 39.9 Å². The lowest BCUT2D eigenvalue weighted by atomic mass is 9.71. The Labute approximate surface area is 682 Å². The second kappa shape index (κ2) is 33.3. The Hall–Kier alpha value is -11.6. The maximum Gasteiger partial charge on any atom is 0.260 e. The van der Waals surface area contributed by atoms with E-state index < -0.39 is 0 Å². The molecule has 8 atom stereocenters. The van der Waals surface area contributed by atoms with Crippen molar-refractivity contribution >= 4 is 66.7 Å². The van der Waals surface area contributed by atoms with Crippen molar-refractivity contribution < 1.29 is 5.65 Å². The maximum absolute atomic E-state index is 12.4. The normalized spacial score (nSPS) is 19.0. The standard InChI is InChI=1S/4C21H23N5O.4C2H6/c4*1-10-9-26-13(4)17(23-20(26)12(3)11(10)2)14-5-6-15(14)19-24-18-16(7-8-22-18)21(27)25-19;4*1-2/h4*7-9,14-15H,5-6H2,1-4H3,(H2,22,24,25,27);4*1-2H3/t2*14-,15+;2*14-,15-;;;;/m1010..../s1/i/hD4. The van der Waals surface area contributed by atoms with Gasteiger partial charge in [0.25, 0.3) is 22.2 Å². The van der Waals surface area contributed by atoms with Crippen LogP contribution in [0.1, 0.15) is 290 Å². The average molecular weight is 1570 g/mol. The Balaban J connectivity index is 0.000000134. The van der Waals surface area contributed by atoms with Gasteiger partial charge in [0.15, 0.2) is 5.65 Å². The number of pyridine rings is 4. The van der Waals surface area contributed by atoms with Gasteiger partial charge in [0.05, 0.1) is 44.3 Å². The zero-order valence-corrected chi connectivity index (χ0v) is 72.0. The lowest BCUT2D eigenvalue weighted by molar-refractivity contribution is 0.326. The molecule has 16 aromatic heterocycles.